The minimum absolute atomic E-state index is 0.543. The Labute approximate surface area is 145 Å². The van der Waals surface area contributed by atoms with Crippen molar-refractivity contribution in [3.63, 3.8) is 0 Å². The van der Waals surface area contributed by atoms with Crippen LogP contribution in [0.2, 0.25) is 0 Å². The van der Waals surface area contributed by atoms with E-state index in [0.29, 0.717) is 17.8 Å². The van der Waals surface area contributed by atoms with Gasteiger partial charge < -0.3 is 0 Å². The van der Waals surface area contributed by atoms with Crippen molar-refractivity contribution in [2.75, 3.05) is 0 Å². The first kappa shape index (κ1) is 15.2. The molecule has 0 nitrogen and oxygen atoms in total. The predicted octanol–water partition coefficient (Wildman–Crippen LogP) is 6.50. The average Bonchev–Trinajstić information content (AvgIpc) is 2.68. The molecule has 0 aromatic heterocycles. The quantitative estimate of drug-likeness (QED) is 0.518. The SMILES string of the molecule is C[C@H](c1ccccc1)[C@@H]1CC[C@H](c2ccccc2)c2ccccc21. The van der Waals surface area contributed by atoms with Crippen LogP contribution < -0.4 is 0 Å². The topological polar surface area (TPSA) is 0 Å². The van der Waals surface area contributed by atoms with E-state index in [1.807, 2.05) is 0 Å². The number of hydrogen-bond acceptors (Lipinski definition) is 0. The Morgan fingerprint density at radius 2 is 1.25 bits per heavy atom. The van der Waals surface area contributed by atoms with E-state index >= 15 is 0 Å². The zero-order valence-corrected chi connectivity index (χ0v) is 14.2. The van der Waals surface area contributed by atoms with Crippen LogP contribution in [0.1, 0.15) is 59.8 Å². The van der Waals surface area contributed by atoms with Crippen LogP contribution in [-0.2, 0) is 0 Å². The lowest BCUT2D eigenvalue weighted by Crippen LogP contribution is -2.19. The molecule has 0 N–H and O–H groups in total. The van der Waals surface area contributed by atoms with Crippen molar-refractivity contribution in [3.8, 4) is 0 Å². The zero-order chi connectivity index (χ0) is 16.4. The predicted molar refractivity (Wildman–Crippen MR) is 102 cm³/mol. The summed E-state index contributed by atoms with van der Waals surface area (Å²) in [6, 6.07) is 31.1. The normalized spacial score (nSPS) is 21.0. The molecular formula is C24H24. The summed E-state index contributed by atoms with van der Waals surface area (Å²) in [5.74, 6) is 1.72. The second-order valence-electron chi connectivity index (χ2n) is 6.98. The Hall–Kier alpha value is -2.34. The van der Waals surface area contributed by atoms with Gasteiger partial charge in [0.15, 0.2) is 0 Å². The van der Waals surface area contributed by atoms with Gasteiger partial charge in [0.05, 0.1) is 0 Å². The summed E-state index contributed by atoms with van der Waals surface area (Å²) in [6.07, 6.45) is 2.50. The maximum absolute atomic E-state index is 2.39. The van der Waals surface area contributed by atoms with Crippen LogP contribution >= 0.6 is 0 Å². The fourth-order valence-electron chi connectivity index (χ4n) is 4.36. The Morgan fingerprint density at radius 1 is 0.667 bits per heavy atom. The van der Waals surface area contributed by atoms with Crippen molar-refractivity contribution in [1.29, 1.82) is 0 Å². The highest BCUT2D eigenvalue weighted by Crippen LogP contribution is 2.47. The zero-order valence-electron chi connectivity index (χ0n) is 14.2. The molecule has 0 heterocycles. The van der Waals surface area contributed by atoms with Crippen molar-refractivity contribution in [3.05, 3.63) is 107 Å². The first-order valence-corrected chi connectivity index (χ1v) is 9.03. The van der Waals surface area contributed by atoms with Crippen LogP contribution in [0.15, 0.2) is 84.9 Å². The largest absolute Gasteiger partial charge is 0.0622 e. The molecule has 120 valence electrons. The summed E-state index contributed by atoms with van der Waals surface area (Å²) in [7, 11) is 0. The summed E-state index contributed by atoms with van der Waals surface area (Å²) in [5.41, 5.74) is 5.99. The molecule has 0 saturated heterocycles. The Bertz CT molecular complexity index is 789. The Morgan fingerprint density at radius 3 is 1.96 bits per heavy atom. The number of fused-ring (bicyclic) bond motifs is 1. The summed E-state index contributed by atoms with van der Waals surface area (Å²) in [4.78, 5) is 0. The van der Waals surface area contributed by atoms with Gasteiger partial charge in [-0.3, -0.25) is 0 Å². The lowest BCUT2D eigenvalue weighted by molar-refractivity contribution is 0.464. The Balaban J connectivity index is 1.72. The van der Waals surface area contributed by atoms with Crippen molar-refractivity contribution in [2.24, 2.45) is 0 Å². The van der Waals surface area contributed by atoms with Gasteiger partial charge >= 0.3 is 0 Å². The van der Waals surface area contributed by atoms with E-state index in [1.165, 1.54) is 29.5 Å². The summed E-state index contributed by atoms with van der Waals surface area (Å²) < 4.78 is 0. The van der Waals surface area contributed by atoms with Gasteiger partial charge in [0.1, 0.15) is 0 Å². The third kappa shape index (κ3) is 2.78. The fraction of sp³-hybridized carbons (Fsp3) is 0.250. The van der Waals surface area contributed by atoms with Crippen molar-refractivity contribution in [1.82, 2.24) is 0 Å². The van der Waals surface area contributed by atoms with Gasteiger partial charge in [-0.25, -0.2) is 0 Å². The van der Waals surface area contributed by atoms with Crippen LogP contribution in [0.4, 0.5) is 0 Å². The van der Waals surface area contributed by atoms with Crippen molar-refractivity contribution in [2.45, 2.75) is 37.5 Å². The number of benzene rings is 3. The smallest absolute Gasteiger partial charge is 0.00924 e. The molecule has 1 aliphatic carbocycles. The molecule has 0 unspecified atom stereocenters. The van der Waals surface area contributed by atoms with Gasteiger partial charge in [-0.15, -0.1) is 0 Å². The molecule has 0 spiro atoms. The van der Waals surface area contributed by atoms with Crippen LogP contribution in [0.25, 0.3) is 0 Å². The molecule has 4 rings (SSSR count). The second kappa shape index (κ2) is 6.65. The molecule has 0 amide bonds. The number of hydrogen-bond donors (Lipinski definition) is 0. The van der Waals surface area contributed by atoms with Gasteiger partial charge in [-0.2, -0.15) is 0 Å². The van der Waals surface area contributed by atoms with Crippen molar-refractivity contribution >= 4 is 0 Å². The van der Waals surface area contributed by atoms with E-state index in [9.17, 15) is 0 Å². The van der Waals surface area contributed by atoms with Gasteiger partial charge in [-0.05, 0) is 46.9 Å². The molecule has 0 radical (unpaired) electrons. The summed E-state index contributed by atoms with van der Waals surface area (Å²) in [5, 5.41) is 0. The Kier molecular flexibility index (Phi) is 4.21. The maximum atomic E-state index is 2.39. The fourth-order valence-corrected chi connectivity index (χ4v) is 4.36. The van der Waals surface area contributed by atoms with Crippen LogP contribution in [-0.4, -0.2) is 0 Å². The highest BCUT2D eigenvalue weighted by atomic mass is 14.3. The molecule has 0 fully saturated rings. The molecule has 3 atom stereocenters. The third-order valence-electron chi connectivity index (χ3n) is 5.67. The molecule has 3 aromatic carbocycles. The highest BCUT2D eigenvalue weighted by molar-refractivity contribution is 5.43. The van der Waals surface area contributed by atoms with E-state index in [0.717, 1.165) is 0 Å². The van der Waals surface area contributed by atoms with E-state index in [1.54, 1.807) is 5.56 Å². The van der Waals surface area contributed by atoms with E-state index < -0.39 is 0 Å². The molecular weight excluding hydrogens is 288 g/mol. The monoisotopic (exact) mass is 312 g/mol. The average molecular weight is 312 g/mol. The van der Waals surface area contributed by atoms with Gasteiger partial charge in [-0.1, -0.05) is 91.9 Å². The molecule has 0 aliphatic heterocycles. The van der Waals surface area contributed by atoms with Crippen LogP contribution in [0.5, 0.6) is 0 Å². The van der Waals surface area contributed by atoms with Crippen molar-refractivity contribution < 1.29 is 0 Å². The van der Waals surface area contributed by atoms with Gasteiger partial charge in [0.25, 0.3) is 0 Å². The standard InChI is InChI=1S/C24H24/c1-18(19-10-4-2-5-11-19)21-16-17-22(20-12-6-3-7-13-20)24-15-9-8-14-23(21)24/h2-15,18,21-22H,16-17H2,1H3/t18-,21+,22-/m1/s1. The molecule has 1 aliphatic rings. The van der Waals surface area contributed by atoms with Gasteiger partial charge in [0.2, 0.25) is 0 Å². The summed E-state index contributed by atoms with van der Waals surface area (Å²) in [6.45, 7) is 2.39. The molecule has 24 heavy (non-hydrogen) atoms. The van der Waals surface area contributed by atoms with Gasteiger partial charge in [0, 0.05) is 5.92 Å². The van der Waals surface area contributed by atoms with E-state index in [4.69, 9.17) is 0 Å². The molecule has 0 bridgehead atoms. The van der Waals surface area contributed by atoms with Crippen LogP contribution in [0.3, 0.4) is 0 Å². The maximum Gasteiger partial charge on any atom is 0.00924 e. The molecule has 0 heteroatoms. The highest BCUT2D eigenvalue weighted by Gasteiger charge is 2.31. The van der Waals surface area contributed by atoms with Crippen LogP contribution in [0, 0.1) is 0 Å². The first-order chi connectivity index (χ1) is 11.8. The first-order valence-electron chi connectivity index (χ1n) is 9.03. The second-order valence-corrected chi connectivity index (χ2v) is 6.98. The minimum Gasteiger partial charge on any atom is -0.0622 e. The lowest BCUT2D eigenvalue weighted by Gasteiger charge is -2.35. The number of rotatable bonds is 3. The lowest BCUT2D eigenvalue weighted by atomic mass is 9.69. The third-order valence-corrected chi connectivity index (χ3v) is 5.67. The summed E-state index contributed by atoms with van der Waals surface area (Å²) >= 11 is 0. The van der Waals surface area contributed by atoms with E-state index in [2.05, 4.69) is 91.9 Å². The molecule has 0 saturated carbocycles. The minimum atomic E-state index is 0.543. The molecule has 3 aromatic rings. The van der Waals surface area contributed by atoms with E-state index in [-0.39, 0.29) is 0 Å².